The summed E-state index contributed by atoms with van der Waals surface area (Å²) >= 11 is 0. The molecule has 4 heteroatoms. The van der Waals surface area contributed by atoms with E-state index in [0.29, 0.717) is 13.0 Å². The van der Waals surface area contributed by atoms with Crippen molar-refractivity contribution < 1.29 is 15.0 Å². The first-order valence-corrected chi connectivity index (χ1v) is 8.00. The standard InChI is InChI=1S/C18H25NO3/c1-13(18(22)15-7-9-16(20)10-8-15)19-12-11-17(21)14-5-3-2-4-6-14/h5,7-10,13,18-20,22H,2-4,6,11-12H2,1H3. The second kappa shape index (κ2) is 8.11. The number of nitrogens with one attached hydrogen (secondary N) is 1. The molecule has 4 nitrogen and oxygen atoms in total. The number of benzene rings is 1. The Kier molecular flexibility index (Phi) is 6.16. The summed E-state index contributed by atoms with van der Waals surface area (Å²) in [6, 6.07) is 6.37. The van der Waals surface area contributed by atoms with E-state index in [4.69, 9.17) is 0 Å². The second-order valence-corrected chi connectivity index (χ2v) is 5.93. The number of aromatic hydroxyl groups is 1. The van der Waals surface area contributed by atoms with E-state index in [1.54, 1.807) is 24.3 Å². The molecule has 1 aromatic rings. The quantitative estimate of drug-likeness (QED) is 0.724. The molecule has 0 saturated heterocycles. The summed E-state index contributed by atoms with van der Waals surface area (Å²) in [4.78, 5) is 12.1. The number of carbonyl (C=O) groups excluding carboxylic acids is 1. The molecule has 0 fully saturated rings. The molecule has 22 heavy (non-hydrogen) atoms. The fraction of sp³-hybridized carbons (Fsp3) is 0.500. The van der Waals surface area contributed by atoms with Gasteiger partial charge in [0.2, 0.25) is 0 Å². The second-order valence-electron chi connectivity index (χ2n) is 5.93. The van der Waals surface area contributed by atoms with Crippen LogP contribution in [0.2, 0.25) is 0 Å². The molecule has 0 amide bonds. The summed E-state index contributed by atoms with van der Waals surface area (Å²) < 4.78 is 0. The van der Waals surface area contributed by atoms with Gasteiger partial charge >= 0.3 is 0 Å². The summed E-state index contributed by atoms with van der Waals surface area (Å²) in [7, 11) is 0. The summed E-state index contributed by atoms with van der Waals surface area (Å²) in [6.45, 7) is 2.45. The van der Waals surface area contributed by atoms with E-state index < -0.39 is 6.10 Å². The van der Waals surface area contributed by atoms with Gasteiger partial charge in [-0.3, -0.25) is 4.79 Å². The molecular weight excluding hydrogens is 278 g/mol. The van der Waals surface area contributed by atoms with E-state index in [-0.39, 0.29) is 17.6 Å². The molecule has 0 aromatic heterocycles. The Morgan fingerprint density at radius 1 is 1.27 bits per heavy atom. The van der Waals surface area contributed by atoms with Crippen molar-refractivity contribution in [2.24, 2.45) is 0 Å². The van der Waals surface area contributed by atoms with Crippen molar-refractivity contribution in [3.05, 3.63) is 41.5 Å². The van der Waals surface area contributed by atoms with Crippen LogP contribution in [-0.4, -0.2) is 28.6 Å². The highest BCUT2D eigenvalue weighted by Crippen LogP contribution is 2.20. The van der Waals surface area contributed by atoms with Gasteiger partial charge in [-0.15, -0.1) is 0 Å². The maximum atomic E-state index is 12.1. The first-order chi connectivity index (χ1) is 10.6. The number of allylic oxidation sites excluding steroid dienone is 2. The maximum absolute atomic E-state index is 12.1. The summed E-state index contributed by atoms with van der Waals surface area (Å²) in [5, 5.41) is 22.7. The average Bonchev–Trinajstić information content (AvgIpc) is 2.55. The zero-order chi connectivity index (χ0) is 15.9. The molecule has 1 aromatic carbocycles. The summed E-state index contributed by atoms with van der Waals surface area (Å²) in [5.74, 6) is 0.404. The monoisotopic (exact) mass is 303 g/mol. The number of ketones is 1. The number of hydrogen-bond donors (Lipinski definition) is 3. The molecular formula is C18H25NO3. The zero-order valence-corrected chi connectivity index (χ0v) is 13.1. The van der Waals surface area contributed by atoms with Gasteiger partial charge in [0.25, 0.3) is 0 Å². The van der Waals surface area contributed by atoms with Crippen LogP contribution in [-0.2, 0) is 4.79 Å². The Labute approximate surface area is 131 Å². The minimum atomic E-state index is -0.662. The smallest absolute Gasteiger partial charge is 0.159 e. The topological polar surface area (TPSA) is 69.6 Å². The van der Waals surface area contributed by atoms with Gasteiger partial charge in [0.1, 0.15) is 5.75 Å². The molecule has 1 aliphatic rings. The van der Waals surface area contributed by atoms with Gasteiger partial charge < -0.3 is 15.5 Å². The maximum Gasteiger partial charge on any atom is 0.159 e. The van der Waals surface area contributed by atoms with Crippen LogP contribution in [0.5, 0.6) is 5.75 Å². The lowest BCUT2D eigenvalue weighted by Gasteiger charge is -2.21. The highest BCUT2D eigenvalue weighted by atomic mass is 16.3. The Hall–Kier alpha value is -1.65. The van der Waals surface area contributed by atoms with Gasteiger partial charge in [0, 0.05) is 19.0 Å². The van der Waals surface area contributed by atoms with Crippen molar-refractivity contribution in [3.8, 4) is 5.75 Å². The molecule has 0 spiro atoms. The number of phenols is 1. The molecule has 2 rings (SSSR count). The van der Waals surface area contributed by atoms with E-state index in [1.165, 1.54) is 6.42 Å². The summed E-state index contributed by atoms with van der Waals surface area (Å²) in [5.41, 5.74) is 1.72. The molecule has 3 N–H and O–H groups in total. The van der Waals surface area contributed by atoms with Crippen LogP contribution in [0.3, 0.4) is 0 Å². The van der Waals surface area contributed by atoms with Crippen LogP contribution in [0.1, 0.15) is 50.7 Å². The minimum Gasteiger partial charge on any atom is -0.508 e. The van der Waals surface area contributed by atoms with Crippen LogP contribution in [0.15, 0.2) is 35.9 Å². The SMILES string of the molecule is CC(NCCC(=O)C1=CCCCC1)C(O)c1ccc(O)cc1. The zero-order valence-electron chi connectivity index (χ0n) is 13.1. The first kappa shape index (κ1) is 16.7. The van der Waals surface area contributed by atoms with E-state index >= 15 is 0 Å². The van der Waals surface area contributed by atoms with Gasteiger partial charge in [0.05, 0.1) is 6.10 Å². The Morgan fingerprint density at radius 3 is 2.64 bits per heavy atom. The Morgan fingerprint density at radius 2 is 2.00 bits per heavy atom. The molecule has 2 atom stereocenters. The van der Waals surface area contributed by atoms with E-state index in [1.807, 2.05) is 6.92 Å². The highest BCUT2D eigenvalue weighted by Gasteiger charge is 2.17. The number of aliphatic hydroxyl groups is 1. The molecule has 120 valence electrons. The molecule has 2 unspecified atom stereocenters. The molecule has 0 radical (unpaired) electrons. The van der Waals surface area contributed by atoms with Crippen molar-refractivity contribution in [2.75, 3.05) is 6.54 Å². The number of Topliss-reactive ketones (excluding diaryl/α,β-unsaturated/α-hetero) is 1. The Bertz CT molecular complexity index is 522. The lowest BCUT2D eigenvalue weighted by Crippen LogP contribution is -2.33. The third-order valence-electron chi connectivity index (χ3n) is 4.18. The van der Waals surface area contributed by atoms with Crippen molar-refractivity contribution in [1.29, 1.82) is 0 Å². The van der Waals surface area contributed by atoms with Gasteiger partial charge in [-0.25, -0.2) is 0 Å². The fourth-order valence-electron chi connectivity index (χ4n) is 2.74. The first-order valence-electron chi connectivity index (χ1n) is 8.00. The summed E-state index contributed by atoms with van der Waals surface area (Å²) in [6.07, 6.45) is 6.10. The van der Waals surface area contributed by atoms with Crippen LogP contribution in [0.4, 0.5) is 0 Å². The minimum absolute atomic E-state index is 0.155. The largest absolute Gasteiger partial charge is 0.508 e. The van der Waals surface area contributed by atoms with Gasteiger partial charge in [-0.05, 0) is 55.9 Å². The fourth-order valence-corrected chi connectivity index (χ4v) is 2.74. The van der Waals surface area contributed by atoms with Crippen molar-refractivity contribution in [2.45, 2.75) is 51.2 Å². The van der Waals surface area contributed by atoms with Crippen LogP contribution < -0.4 is 5.32 Å². The number of carbonyl (C=O) groups is 1. The molecule has 1 aliphatic carbocycles. The van der Waals surface area contributed by atoms with E-state index in [2.05, 4.69) is 11.4 Å². The molecule has 0 aliphatic heterocycles. The van der Waals surface area contributed by atoms with E-state index in [9.17, 15) is 15.0 Å². The van der Waals surface area contributed by atoms with Crippen LogP contribution in [0, 0.1) is 0 Å². The molecule has 0 heterocycles. The lowest BCUT2D eigenvalue weighted by atomic mass is 9.95. The average molecular weight is 303 g/mol. The predicted molar refractivity (Wildman–Crippen MR) is 86.7 cm³/mol. The van der Waals surface area contributed by atoms with Crippen molar-refractivity contribution in [3.63, 3.8) is 0 Å². The number of hydrogen-bond acceptors (Lipinski definition) is 4. The lowest BCUT2D eigenvalue weighted by molar-refractivity contribution is -0.115. The van der Waals surface area contributed by atoms with Gasteiger partial charge in [-0.2, -0.15) is 0 Å². The number of phenolic OH excluding ortho intramolecular Hbond substituents is 1. The van der Waals surface area contributed by atoms with Crippen molar-refractivity contribution in [1.82, 2.24) is 5.32 Å². The van der Waals surface area contributed by atoms with Crippen LogP contribution in [0.25, 0.3) is 0 Å². The van der Waals surface area contributed by atoms with Crippen molar-refractivity contribution >= 4 is 5.78 Å². The third kappa shape index (κ3) is 4.68. The van der Waals surface area contributed by atoms with E-state index in [0.717, 1.165) is 30.4 Å². The predicted octanol–water partition coefficient (Wildman–Crippen LogP) is 2.86. The van der Waals surface area contributed by atoms with Gasteiger partial charge in [0.15, 0.2) is 5.78 Å². The highest BCUT2D eigenvalue weighted by molar-refractivity contribution is 5.95. The number of aliphatic hydroxyl groups excluding tert-OH is 1. The number of rotatable bonds is 7. The molecule has 0 saturated carbocycles. The van der Waals surface area contributed by atoms with Crippen LogP contribution >= 0.6 is 0 Å². The Balaban J connectivity index is 1.77. The molecule has 0 bridgehead atoms. The normalized spacial score (nSPS) is 17.6. The third-order valence-corrected chi connectivity index (χ3v) is 4.18. The van der Waals surface area contributed by atoms with Gasteiger partial charge in [-0.1, -0.05) is 18.2 Å².